The van der Waals surface area contributed by atoms with Crippen LogP contribution >= 0.6 is 11.3 Å². The second-order valence-corrected chi connectivity index (χ2v) is 8.76. The van der Waals surface area contributed by atoms with Crippen LogP contribution in [0.25, 0.3) is 22.2 Å². The highest BCUT2D eigenvalue weighted by Crippen LogP contribution is 2.36. The maximum atomic E-state index is 15.3. The lowest BCUT2D eigenvalue weighted by Crippen LogP contribution is -2.14. The quantitative estimate of drug-likeness (QED) is 0.356. The first-order valence-corrected chi connectivity index (χ1v) is 11.6. The zero-order valence-electron chi connectivity index (χ0n) is 18.3. The summed E-state index contributed by atoms with van der Waals surface area (Å²) in [7, 11) is 1.81. The molecule has 0 aliphatic carbocycles. The van der Waals surface area contributed by atoms with Crippen molar-refractivity contribution in [3.05, 3.63) is 87.8 Å². The van der Waals surface area contributed by atoms with Gasteiger partial charge in [-0.1, -0.05) is 19.1 Å². The second-order valence-electron chi connectivity index (χ2n) is 7.98. The van der Waals surface area contributed by atoms with E-state index in [1.165, 1.54) is 6.07 Å². The number of benzene rings is 2. The van der Waals surface area contributed by atoms with E-state index in [1.54, 1.807) is 28.2 Å². The Morgan fingerprint density at radius 1 is 1.06 bits per heavy atom. The van der Waals surface area contributed by atoms with Crippen LogP contribution < -0.4 is 11.5 Å². The van der Waals surface area contributed by atoms with Crippen LogP contribution in [0.15, 0.2) is 59.3 Å². The van der Waals surface area contributed by atoms with E-state index in [2.05, 4.69) is 10.1 Å². The molecule has 0 saturated carbocycles. The first-order chi connectivity index (χ1) is 15.9. The van der Waals surface area contributed by atoms with Crippen molar-refractivity contribution in [1.82, 2.24) is 19.7 Å². The Hall–Kier alpha value is -3.78. The van der Waals surface area contributed by atoms with Gasteiger partial charge >= 0.3 is 0 Å². The van der Waals surface area contributed by atoms with Gasteiger partial charge in [0, 0.05) is 34.6 Å². The highest BCUT2D eigenvalue weighted by molar-refractivity contribution is 7.08. The van der Waals surface area contributed by atoms with E-state index in [9.17, 15) is 0 Å². The average Bonchev–Trinajstić information content (AvgIpc) is 3.45. The van der Waals surface area contributed by atoms with Crippen molar-refractivity contribution in [2.24, 2.45) is 7.05 Å². The minimum Gasteiger partial charge on any atom is -0.399 e. The number of fused-ring (bicyclic) bond motifs is 1. The van der Waals surface area contributed by atoms with Crippen molar-refractivity contribution in [2.45, 2.75) is 19.3 Å². The van der Waals surface area contributed by atoms with E-state index in [1.807, 2.05) is 55.1 Å². The van der Waals surface area contributed by atoms with Crippen molar-refractivity contribution >= 4 is 33.6 Å². The van der Waals surface area contributed by atoms with Crippen molar-refractivity contribution in [1.29, 1.82) is 0 Å². The van der Waals surface area contributed by atoms with E-state index >= 15 is 4.39 Å². The van der Waals surface area contributed by atoms with Crippen LogP contribution in [0.2, 0.25) is 0 Å². The van der Waals surface area contributed by atoms with Crippen LogP contribution in [0.4, 0.5) is 15.9 Å². The molecule has 6 nitrogen and oxygen atoms in total. The third kappa shape index (κ3) is 3.82. The molecule has 3 aromatic heterocycles. The smallest absolute Gasteiger partial charge is 0.182 e. The molecule has 5 rings (SSSR count). The van der Waals surface area contributed by atoms with Crippen molar-refractivity contribution in [3.63, 3.8) is 0 Å². The standard InChI is InChI=1S/C25H23FN6S/c1-3-14-4-7-20(26)19(10-14)22(25-30-24(31-32(25)2)15-8-9-33-13-15)21-12-16-11-17(27)5-6-18(16)23(28)29-21/h4-13,22H,3,27H2,1-2H3,(H2,28,29). The van der Waals surface area contributed by atoms with E-state index in [0.717, 1.165) is 28.3 Å². The molecule has 0 amide bonds. The molecule has 5 aromatic rings. The fraction of sp³-hybridized carbons (Fsp3) is 0.160. The molecule has 0 aliphatic rings. The fourth-order valence-corrected chi connectivity index (χ4v) is 4.73. The van der Waals surface area contributed by atoms with Gasteiger partial charge in [0.25, 0.3) is 0 Å². The van der Waals surface area contributed by atoms with Crippen molar-refractivity contribution in [2.75, 3.05) is 11.5 Å². The summed E-state index contributed by atoms with van der Waals surface area (Å²) in [5.41, 5.74) is 16.0. The Morgan fingerprint density at radius 3 is 2.67 bits per heavy atom. The molecule has 0 fully saturated rings. The van der Waals surface area contributed by atoms with Gasteiger partial charge < -0.3 is 11.5 Å². The Kier molecular flexibility index (Phi) is 5.30. The van der Waals surface area contributed by atoms with Crippen LogP contribution in [-0.2, 0) is 13.5 Å². The molecule has 0 spiro atoms. The van der Waals surface area contributed by atoms with Crippen LogP contribution in [0.1, 0.15) is 35.5 Å². The third-order valence-corrected chi connectivity index (χ3v) is 6.50. The van der Waals surface area contributed by atoms with Gasteiger partial charge in [-0.2, -0.15) is 16.4 Å². The van der Waals surface area contributed by atoms with Gasteiger partial charge in [-0.05, 0) is 59.1 Å². The molecule has 1 unspecified atom stereocenters. The molecule has 2 aromatic carbocycles. The lowest BCUT2D eigenvalue weighted by atomic mass is 9.91. The summed E-state index contributed by atoms with van der Waals surface area (Å²) >= 11 is 1.57. The van der Waals surface area contributed by atoms with E-state index < -0.39 is 5.92 Å². The average molecular weight is 459 g/mol. The number of nitrogen functional groups attached to an aromatic ring is 2. The van der Waals surface area contributed by atoms with Gasteiger partial charge in [-0.3, -0.25) is 4.68 Å². The molecule has 166 valence electrons. The summed E-state index contributed by atoms with van der Waals surface area (Å²) in [6.07, 6.45) is 0.781. The van der Waals surface area contributed by atoms with Crippen molar-refractivity contribution in [3.8, 4) is 11.4 Å². The van der Waals surface area contributed by atoms with Crippen LogP contribution in [0.3, 0.4) is 0 Å². The number of nitrogens with zero attached hydrogens (tertiary/aromatic N) is 4. The van der Waals surface area contributed by atoms with Crippen LogP contribution in [0, 0.1) is 5.82 Å². The molecule has 3 heterocycles. The molecule has 0 radical (unpaired) electrons. The number of thiophene rings is 1. The zero-order valence-corrected chi connectivity index (χ0v) is 19.1. The number of halogens is 1. The first-order valence-electron chi connectivity index (χ1n) is 10.6. The van der Waals surface area contributed by atoms with E-state index in [4.69, 9.17) is 16.5 Å². The summed E-state index contributed by atoms with van der Waals surface area (Å²) in [5, 5.41) is 10.2. The van der Waals surface area contributed by atoms with E-state index in [-0.39, 0.29) is 5.82 Å². The molecule has 1 atom stereocenters. The lowest BCUT2D eigenvalue weighted by Gasteiger charge is -2.19. The molecule has 0 bridgehead atoms. The SMILES string of the molecule is CCc1ccc(F)c(C(c2cc3cc(N)ccc3c(N)n2)c2nc(-c3ccsc3)nn2C)c1. The predicted molar refractivity (Wildman–Crippen MR) is 132 cm³/mol. The largest absolute Gasteiger partial charge is 0.399 e. The molecule has 4 N–H and O–H groups in total. The Bertz CT molecular complexity index is 1460. The number of nitrogens with two attached hydrogens (primary N) is 2. The molecular formula is C25H23FN6S. The second kappa shape index (κ2) is 8.29. The normalized spacial score (nSPS) is 12.3. The summed E-state index contributed by atoms with van der Waals surface area (Å²) in [5.74, 6) is 0.599. The monoisotopic (exact) mass is 458 g/mol. The summed E-state index contributed by atoms with van der Waals surface area (Å²) < 4.78 is 17.0. The number of anilines is 2. The van der Waals surface area contributed by atoms with Crippen molar-refractivity contribution < 1.29 is 4.39 Å². The fourth-order valence-electron chi connectivity index (χ4n) is 4.10. The maximum absolute atomic E-state index is 15.3. The van der Waals surface area contributed by atoms with Crippen LogP contribution in [0.5, 0.6) is 0 Å². The highest BCUT2D eigenvalue weighted by Gasteiger charge is 2.28. The minimum atomic E-state index is -0.602. The number of aryl methyl sites for hydroxylation is 2. The molecule has 8 heteroatoms. The summed E-state index contributed by atoms with van der Waals surface area (Å²) in [4.78, 5) is 9.50. The number of hydrogen-bond acceptors (Lipinski definition) is 6. The predicted octanol–water partition coefficient (Wildman–Crippen LogP) is 5.14. The van der Waals surface area contributed by atoms with Crippen LogP contribution in [-0.4, -0.2) is 19.7 Å². The first kappa shape index (κ1) is 21.1. The third-order valence-electron chi connectivity index (χ3n) is 5.81. The number of hydrogen-bond donors (Lipinski definition) is 2. The minimum absolute atomic E-state index is 0.328. The Balaban J connectivity index is 1.77. The molecule has 33 heavy (non-hydrogen) atoms. The van der Waals surface area contributed by atoms with Gasteiger partial charge in [0.05, 0.1) is 11.6 Å². The van der Waals surface area contributed by atoms with E-state index in [0.29, 0.717) is 34.4 Å². The Morgan fingerprint density at radius 2 is 1.91 bits per heavy atom. The Labute approximate surface area is 194 Å². The maximum Gasteiger partial charge on any atom is 0.182 e. The van der Waals surface area contributed by atoms with Gasteiger partial charge in [0.2, 0.25) is 0 Å². The topological polar surface area (TPSA) is 95.6 Å². The lowest BCUT2D eigenvalue weighted by molar-refractivity contribution is 0.591. The van der Waals surface area contributed by atoms with Gasteiger partial charge in [-0.25, -0.2) is 14.4 Å². The van der Waals surface area contributed by atoms with Gasteiger partial charge in [-0.15, -0.1) is 0 Å². The summed E-state index contributed by atoms with van der Waals surface area (Å²) in [6.45, 7) is 2.04. The summed E-state index contributed by atoms with van der Waals surface area (Å²) in [6, 6.07) is 14.5. The molecule has 0 saturated heterocycles. The highest BCUT2D eigenvalue weighted by atomic mass is 32.1. The molecule has 0 aliphatic heterocycles. The van der Waals surface area contributed by atoms with Gasteiger partial charge in [0.15, 0.2) is 5.82 Å². The van der Waals surface area contributed by atoms with Gasteiger partial charge in [0.1, 0.15) is 17.5 Å². The zero-order chi connectivity index (χ0) is 23.1. The number of rotatable bonds is 5. The number of aromatic nitrogens is 4. The molecular weight excluding hydrogens is 435 g/mol. The number of pyridine rings is 1.